The van der Waals surface area contributed by atoms with E-state index >= 15 is 0 Å². The van der Waals surface area contributed by atoms with Crippen LogP contribution in [0.5, 0.6) is 0 Å². The van der Waals surface area contributed by atoms with Crippen molar-refractivity contribution in [1.82, 2.24) is 4.90 Å². The maximum absolute atomic E-state index is 13.3. The molecule has 0 saturated carbocycles. The SMILES string of the molecule is CC[C@](O[SiH](C)C)([C@@H]1C(=O)N2C(C(=O)O)=C(C3CCCO3)S[C@H]12)C(C)(C)C. The summed E-state index contributed by atoms with van der Waals surface area (Å²) in [7, 11) is -1.42. The molecular weight excluding hydrogens is 382 g/mol. The molecule has 0 spiro atoms. The molecule has 8 heteroatoms. The average Bonchev–Trinajstić information content (AvgIpc) is 3.17. The molecule has 4 atom stereocenters. The highest BCUT2D eigenvalue weighted by atomic mass is 32.2. The third kappa shape index (κ3) is 3.18. The zero-order valence-corrected chi connectivity index (χ0v) is 19.0. The number of ether oxygens (including phenoxy) is 1. The Kier molecular flexibility index (Phi) is 5.57. The Balaban J connectivity index is 1.98. The van der Waals surface area contributed by atoms with E-state index in [2.05, 4.69) is 40.8 Å². The molecule has 0 aromatic carbocycles. The van der Waals surface area contributed by atoms with Gasteiger partial charge in [0.15, 0.2) is 9.04 Å². The van der Waals surface area contributed by atoms with Gasteiger partial charge in [-0.1, -0.05) is 39.5 Å². The van der Waals surface area contributed by atoms with E-state index in [-0.39, 0.29) is 34.4 Å². The van der Waals surface area contributed by atoms with Crippen molar-refractivity contribution in [2.24, 2.45) is 11.3 Å². The lowest BCUT2D eigenvalue weighted by molar-refractivity contribution is -0.177. The smallest absolute Gasteiger partial charge is 0.353 e. The third-order valence-corrected chi connectivity index (χ3v) is 8.26. The first-order chi connectivity index (χ1) is 12.5. The Morgan fingerprint density at radius 1 is 1.41 bits per heavy atom. The minimum atomic E-state index is -1.42. The number of β-lactam (4-membered cyclic amide) rings is 1. The Labute approximate surface area is 167 Å². The van der Waals surface area contributed by atoms with E-state index in [1.807, 2.05) is 0 Å². The fraction of sp³-hybridized carbons (Fsp3) is 0.789. The van der Waals surface area contributed by atoms with Crippen LogP contribution in [0, 0.1) is 11.3 Å². The number of thioether (sulfide) groups is 1. The molecule has 0 bridgehead atoms. The summed E-state index contributed by atoms with van der Waals surface area (Å²) in [6.45, 7) is 13.3. The number of carbonyl (C=O) groups is 2. The summed E-state index contributed by atoms with van der Waals surface area (Å²) in [5, 5.41) is 9.58. The van der Waals surface area contributed by atoms with Gasteiger partial charge in [-0.2, -0.15) is 0 Å². The van der Waals surface area contributed by atoms with Crippen LogP contribution in [-0.2, 0) is 18.8 Å². The number of rotatable bonds is 6. The summed E-state index contributed by atoms with van der Waals surface area (Å²) in [6, 6.07) is 0. The molecule has 0 aromatic heterocycles. The van der Waals surface area contributed by atoms with Crippen LogP contribution >= 0.6 is 11.8 Å². The Morgan fingerprint density at radius 2 is 2.07 bits per heavy atom. The summed E-state index contributed by atoms with van der Waals surface area (Å²) in [5.74, 6) is -1.50. The van der Waals surface area contributed by atoms with E-state index in [1.165, 1.54) is 16.7 Å². The standard InChI is InChI=1S/C19H31NO5SSi/c1-7-19(18(2,3)4,25-27(5)6)12-15(21)20-13(17(22)23)14(26-16(12)20)11-9-8-10-24-11/h11-12,16,27H,7-10H2,1-6H3,(H,22,23)/t11?,12-,16-,19+/m1/s1. The first kappa shape index (κ1) is 20.9. The van der Waals surface area contributed by atoms with Crippen LogP contribution in [0.4, 0.5) is 0 Å². The lowest BCUT2D eigenvalue weighted by Gasteiger charge is -2.57. The van der Waals surface area contributed by atoms with E-state index in [0.717, 1.165) is 19.3 Å². The van der Waals surface area contributed by atoms with Crippen molar-refractivity contribution in [2.45, 2.75) is 77.1 Å². The Morgan fingerprint density at radius 3 is 2.52 bits per heavy atom. The van der Waals surface area contributed by atoms with Crippen molar-refractivity contribution in [3.63, 3.8) is 0 Å². The number of carboxylic acids is 1. The summed E-state index contributed by atoms with van der Waals surface area (Å²) in [4.78, 5) is 27.4. The Hall–Kier alpha value is -0.833. The monoisotopic (exact) mass is 413 g/mol. The van der Waals surface area contributed by atoms with E-state index in [4.69, 9.17) is 9.16 Å². The molecule has 0 aromatic rings. The largest absolute Gasteiger partial charge is 0.477 e. The molecule has 1 unspecified atom stereocenters. The van der Waals surface area contributed by atoms with Crippen molar-refractivity contribution in [3.05, 3.63) is 10.6 Å². The second kappa shape index (κ2) is 7.20. The van der Waals surface area contributed by atoms with Gasteiger partial charge in [0.25, 0.3) is 0 Å². The number of amides is 1. The van der Waals surface area contributed by atoms with Crippen LogP contribution in [0.15, 0.2) is 10.6 Å². The van der Waals surface area contributed by atoms with Gasteiger partial charge in [0, 0.05) is 11.5 Å². The number of nitrogens with zero attached hydrogens (tertiary/aromatic N) is 1. The molecule has 0 radical (unpaired) electrons. The second-order valence-corrected chi connectivity index (χ2v) is 12.4. The molecular formula is C19H31NO5SSi. The third-order valence-electron chi connectivity index (χ3n) is 5.93. The molecule has 3 rings (SSSR count). The number of hydrogen-bond acceptors (Lipinski definition) is 5. The topological polar surface area (TPSA) is 76.1 Å². The number of hydrogen-bond donors (Lipinski definition) is 1. The van der Waals surface area contributed by atoms with Crippen molar-refractivity contribution >= 4 is 32.7 Å². The zero-order valence-electron chi connectivity index (χ0n) is 17.1. The highest BCUT2D eigenvalue weighted by Crippen LogP contribution is 2.59. The van der Waals surface area contributed by atoms with Gasteiger partial charge in [-0.3, -0.25) is 9.69 Å². The predicted molar refractivity (Wildman–Crippen MR) is 108 cm³/mol. The number of carbonyl (C=O) groups excluding carboxylic acids is 1. The molecule has 0 aliphatic carbocycles. The first-order valence-electron chi connectivity index (χ1n) is 9.81. The van der Waals surface area contributed by atoms with Crippen LogP contribution in [0.2, 0.25) is 13.1 Å². The van der Waals surface area contributed by atoms with E-state index in [9.17, 15) is 14.7 Å². The molecule has 2 saturated heterocycles. The van der Waals surface area contributed by atoms with Crippen molar-refractivity contribution in [3.8, 4) is 0 Å². The van der Waals surface area contributed by atoms with Gasteiger partial charge in [0.1, 0.15) is 11.1 Å². The van der Waals surface area contributed by atoms with E-state index < -0.39 is 20.6 Å². The fourth-order valence-corrected chi connectivity index (χ4v) is 7.94. The van der Waals surface area contributed by atoms with Crippen LogP contribution in [0.25, 0.3) is 0 Å². The van der Waals surface area contributed by atoms with Gasteiger partial charge in [0.2, 0.25) is 5.91 Å². The number of fused-ring (bicyclic) bond motifs is 1. The number of aliphatic carboxylic acids is 1. The minimum absolute atomic E-state index is 0.121. The molecule has 3 aliphatic heterocycles. The van der Waals surface area contributed by atoms with Crippen LogP contribution in [-0.4, -0.2) is 54.6 Å². The summed E-state index contributed by atoms with van der Waals surface area (Å²) < 4.78 is 12.3. The van der Waals surface area contributed by atoms with E-state index in [0.29, 0.717) is 11.5 Å². The van der Waals surface area contributed by atoms with Crippen LogP contribution < -0.4 is 0 Å². The van der Waals surface area contributed by atoms with Gasteiger partial charge in [0.05, 0.1) is 17.6 Å². The summed E-state index contributed by atoms with van der Waals surface area (Å²) >= 11 is 1.51. The molecule has 2 fully saturated rings. The molecule has 152 valence electrons. The van der Waals surface area contributed by atoms with E-state index in [1.54, 1.807) is 0 Å². The predicted octanol–water partition coefficient (Wildman–Crippen LogP) is 3.19. The van der Waals surface area contributed by atoms with Gasteiger partial charge in [-0.25, -0.2) is 4.79 Å². The minimum Gasteiger partial charge on any atom is -0.477 e. The van der Waals surface area contributed by atoms with Gasteiger partial charge >= 0.3 is 5.97 Å². The highest BCUT2D eigenvalue weighted by Gasteiger charge is 2.66. The summed E-state index contributed by atoms with van der Waals surface area (Å²) in [5.41, 5.74) is -0.699. The lowest BCUT2D eigenvalue weighted by Crippen LogP contribution is -2.70. The van der Waals surface area contributed by atoms with Crippen LogP contribution in [0.1, 0.15) is 47.0 Å². The maximum atomic E-state index is 13.3. The maximum Gasteiger partial charge on any atom is 0.353 e. The molecule has 3 heterocycles. The van der Waals surface area contributed by atoms with Crippen molar-refractivity contribution in [2.75, 3.05) is 6.61 Å². The molecule has 6 nitrogen and oxygen atoms in total. The normalized spacial score (nSPS) is 30.6. The highest BCUT2D eigenvalue weighted by molar-refractivity contribution is 8.04. The van der Waals surface area contributed by atoms with Crippen molar-refractivity contribution < 1.29 is 23.9 Å². The molecule has 1 N–H and O–H groups in total. The van der Waals surface area contributed by atoms with Gasteiger partial charge in [-0.05, 0) is 37.8 Å². The van der Waals surface area contributed by atoms with Gasteiger partial charge < -0.3 is 14.3 Å². The molecule has 1 amide bonds. The van der Waals surface area contributed by atoms with Crippen LogP contribution in [0.3, 0.4) is 0 Å². The second-order valence-electron chi connectivity index (χ2n) is 8.87. The summed E-state index contributed by atoms with van der Waals surface area (Å²) in [6.07, 6.45) is 2.26. The average molecular weight is 414 g/mol. The van der Waals surface area contributed by atoms with Gasteiger partial charge in [-0.15, -0.1) is 0 Å². The molecule has 3 aliphatic rings. The zero-order chi connectivity index (χ0) is 20.1. The first-order valence-corrected chi connectivity index (χ1v) is 13.5. The molecule has 27 heavy (non-hydrogen) atoms. The fourth-order valence-electron chi connectivity index (χ4n) is 4.75. The quantitative estimate of drug-likeness (QED) is 0.532. The number of carboxylic acid groups (broad SMARTS) is 1. The lowest BCUT2D eigenvalue weighted by atomic mass is 9.64. The van der Waals surface area contributed by atoms with Crippen molar-refractivity contribution in [1.29, 1.82) is 0 Å². The Bertz CT molecular complexity index is 668.